The third-order valence-electron chi connectivity index (χ3n) is 2.46. The Morgan fingerprint density at radius 2 is 2.10 bits per heavy atom. The zero-order chi connectivity index (χ0) is 16.1. The molecule has 0 aromatic carbocycles. The van der Waals surface area contributed by atoms with Crippen molar-refractivity contribution in [2.24, 2.45) is 0 Å². The van der Waals surface area contributed by atoms with Crippen molar-refractivity contribution in [3.8, 4) is 0 Å². The zero-order valence-corrected chi connectivity index (χ0v) is 11.7. The molecule has 6 nitrogen and oxygen atoms in total. The van der Waals surface area contributed by atoms with E-state index >= 15 is 0 Å². The van der Waals surface area contributed by atoms with Crippen molar-refractivity contribution < 1.29 is 32.3 Å². The number of carbonyl (C=O) groups excluding carboxylic acids is 1. The number of rotatable bonds is 6. The number of alkyl halides is 3. The highest BCUT2D eigenvalue weighted by Crippen LogP contribution is 2.29. The summed E-state index contributed by atoms with van der Waals surface area (Å²) in [4.78, 5) is 22.8. The largest absolute Gasteiger partial charge is 0.479 e. The Morgan fingerprint density at radius 1 is 1.43 bits per heavy atom. The van der Waals surface area contributed by atoms with Crippen LogP contribution in [0.1, 0.15) is 12.7 Å². The predicted molar refractivity (Wildman–Crippen MR) is 68.7 cm³/mol. The first-order chi connectivity index (χ1) is 9.65. The fourth-order valence-electron chi connectivity index (χ4n) is 1.39. The number of amides is 2. The van der Waals surface area contributed by atoms with Crippen LogP contribution in [-0.2, 0) is 10.3 Å². The molecule has 0 radical (unpaired) electrons. The van der Waals surface area contributed by atoms with Gasteiger partial charge in [-0.3, -0.25) is 0 Å². The summed E-state index contributed by atoms with van der Waals surface area (Å²) in [5, 5.41) is 13.5. The first-order valence-corrected chi connectivity index (χ1v) is 6.68. The highest BCUT2D eigenvalue weighted by molar-refractivity contribution is 8.00. The summed E-state index contributed by atoms with van der Waals surface area (Å²) in [6, 6.07) is 1.92. The molecule has 118 valence electrons. The molecule has 1 rings (SSSR count). The van der Waals surface area contributed by atoms with Gasteiger partial charge in [-0.15, -0.1) is 0 Å². The summed E-state index contributed by atoms with van der Waals surface area (Å²) < 4.78 is 40.6. The van der Waals surface area contributed by atoms with E-state index in [1.54, 1.807) is 0 Å². The van der Waals surface area contributed by atoms with E-state index in [4.69, 9.17) is 4.42 Å². The SMILES string of the molecule is CC(NC(=O)NCCSC(F)(F)F)(C(=O)O)c1ccco1. The van der Waals surface area contributed by atoms with E-state index in [1.165, 1.54) is 25.3 Å². The van der Waals surface area contributed by atoms with Crippen LogP contribution in [0.4, 0.5) is 18.0 Å². The van der Waals surface area contributed by atoms with Gasteiger partial charge in [0.05, 0.1) is 6.26 Å². The molecule has 1 atom stereocenters. The summed E-state index contributed by atoms with van der Waals surface area (Å²) in [6.07, 6.45) is 1.25. The van der Waals surface area contributed by atoms with Crippen LogP contribution < -0.4 is 10.6 Å². The van der Waals surface area contributed by atoms with Gasteiger partial charge in [0, 0.05) is 12.3 Å². The number of carbonyl (C=O) groups is 2. The number of thioether (sulfide) groups is 1. The number of carboxylic acids is 1. The number of carboxylic acid groups (broad SMARTS) is 1. The topological polar surface area (TPSA) is 91.6 Å². The van der Waals surface area contributed by atoms with Gasteiger partial charge in [0.15, 0.2) is 5.54 Å². The van der Waals surface area contributed by atoms with E-state index in [1.807, 2.05) is 0 Å². The van der Waals surface area contributed by atoms with Crippen molar-refractivity contribution in [3.63, 3.8) is 0 Å². The lowest BCUT2D eigenvalue weighted by molar-refractivity contribution is -0.144. The van der Waals surface area contributed by atoms with E-state index in [0.717, 1.165) is 0 Å². The molecule has 0 aliphatic carbocycles. The smallest absolute Gasteiger partial charge is 0.441 e. The molecule has 0 bridgehead atoms. The van der Waals surface area contributed by atoms with Gasteiger partial charge in [-0.2, -0.15) is 13.2 Å². The minimum Gasteiger partial charge on any atom is -0.479 e. The molecule has 1 unspecified atom stereocenters. The van der Waals surface area contributed by atoms with Gasteiger partial charge in [0.25, 0.3) is 0 Å². The quantitative estimate of drug-likeness (QED) is 0.697. The lowest BCUT2D eigenvalue weighted by atomic mass is 9.99. The Labute approximate surface area is 122 Å². The molecule has 0 saturated heterocycles. The second-order valence-electron chi connectivity index (χ2n) is 4.08. The summed E-state index contributed by atoms with van der Waals surface area (Å²) in [5.41, 5.74) is -6.19. The Morgan fingerprint density at radius 3 is 2.57 bits per heavy atom. The fraction of sp³-hybridized carbons (Fsp3) is 0.455. The molecule has 21 heavy (non-hydrogen) atoms. The highest BCUT2D eigenvalue weighted by atomic mass is 32.2. The normalized spacial score (nSPS) is 14.3. The highest BCUT2D eigenvalue weighted by Gasteiger charge is 2.39. The molecule has 0 fully saturated rings. The minimum atomic E-state index is -4.37. The average molecular weight is 326 g/mol. The Balaban J connectivity index is 2.53. The summed E-state index contributed by atoms with van der Waals surface area (Å²) in [7, 11) is 0. The van der Waals surface area contributed by atoms with E-state index in [2.05, 4.69) is 10.6 Å². The Kier molecular flexibility index (Phi) is 5.53. The third-order valence-corrected chi connectivity index (χ3v) is 3.19. The van der Waals surface area contributed by atoms with Crippen LogP contribution in [0, 0.1) is 0 Å². The van der Waals surface area contributed by atoms with E-state index in [-0.39, 0.29) is 29.8 Å². The molecular weight excluding hydrogens is 313 g/mol. The maximum Gasteiger partial charge on any atom is 0.441 e. The molecule has 0 spiro atoms. The fourth-order valence-corrected chi connectivity index (χ4v) is 1.82. The maximum atomic E-state index is 11.9. The van der Waals surface area contributed by atoms with Gasteiger partial charge >= 0.3 is 17.5 Å². The molecule has 1 heterocycles. The molecule has 1 aromatic rings. The molecule has 0 aliphatic rings. The van der Waals surface area contributed by atoms with Crippen LogP contribution in [0.25, 0.3) is 0 Å². The van der Waals surface area contributed by atoms with Crippen molar-refractivity contribution in [1.29, 1.82) is 0 Å². The van der Waals surface area contributed by atoms with E-state index in [0.29, 0.717) is 0 Å². The van der Waals surface area contributed by atoms with Crippen LogP contribution in [0.15, 0.2) is 22.8 Å². The lowest BCUT2D eigenvalue weighted by Gasteiger charge is -2.24. The summed E-state index contributed by atoms with van der Waals surface area (Å²) >= 11 is -0.280. The molecule has 0 aliphatic heterocycles. The summed E-state index contributed by atoms with van der Waals surface area (Å²) in [6.45, 7) is 0.947. The number of urea groups is 1. The molecule has 2 amide bonds. The summed E-state index contributed by atoms with van der Waals surface area (Å²) in [5.74, 6) is -1.74. The predicted octanol–water partition coefficient (Wildman–Crippen LogP) is 2.13. The number of nitrogens with one attached hydrogen (secondary N) is 2. The third kappa shape index (κ3) is 5.21. The van der Waals surface area contributed by atoms with Crippen molar-refractivity contribution in [2.75, 3.05) is 12.3 Å². The Bertz CT molecular complexity index is 492. The minimum absolute atomic E-state index is 0.00480. The van der Waals surface area contributed by atoms with Crippen molar-refractivity contribution >= 4 is 23.8 Å². The number of furan rings is 1. The number of aliphatic carboxylic acids is 1. The zero-order valence-electron chi connectivity index (χ0n) is 10.9. The molecular formula is C11H13F3N2O4S. The van der Waals surface area contributed by atoms with Gasteiger partial charge in [-0.05, 0) is 30.8 Å². The van der Waals surface area contributed by atoms with Crippen molar-refractivity contribution in [1.82, 2.24) is 10.6 Å². The van der Waals surface area contributed by atoms with Gasteiger partial charge in [0.1, 0.15) is 5.76 Å². The maximum absolute atomic E-state index is 11.9. The van der Waals surface area contributed by atoms with Crippen LogP contribution in [-0.4, -0.2) is 34.9 Å². The van der Waals surface area contributed by atoms with Crippen molar-refractivity contribution in [3.05, 3.63) is 24.2 Å². The molecule has 0 saturated carbocycles. The number of hydrogen-bond acceptors (Lipinski definition) is 4. The average Bonchev–Trinajstić information content (AvgIpc) is 2.87. The van der Waals surface area contributed by atoms with E-state index < -0.39 is 23.0 Å². The van der Waals surface area contributed by atoms with Crippen molar-refractivity contribution in [2.45, 2.75) is 18.0 Å². The van der Waals surface area contributed by atoms with Crippen LogP contribution >= 0.6 is 11.8 Å². The standard InChI is InChI=1S/C11H13F3N2O4S/c1-10(8(17)18,7-3-2-5-20-7)16-9(19)15-4-6-21-11(12,13)14/h2-3,5H,4,6H2,1H3,(H,17,18)(H2,15,16,19). The van der Waals surface area contributed by atoms with Gasteiger partial charge in [-0.1, -0.05) is 0 Å². The van der Waals surface area contributed by atoms with Crippen LogP contribution in [0.3, 0.4) is 0 Å². The number of halogens is 3. The van der Waals surface area contributed by atoms with Crippen LogP contribution in [0.5, 0.6) is 0 Å². The monoisotopic (exact) mass is 326 g/mol. The first kappa shape index (κ1) is 17.2. The molecule has 1 aromatic heterocycles. The molecule has 10 heteroatoms. The van der Waals surface area contributed by atoms with Gasteiger partial charge < -0.3 is 20.2 Å². The van der Waals surface area contributed by atoms with E-state index in [9.17, 15) is 27.9 Å². The number of hydrogen-bond donors (Lipinski definition) is 3. The lowest BCUT2D eigenvalue weighted by Crippen LogP contribution is -2.53. The van der Waals surface area contributed by atoms with Gasteiger partial charge in [-0.25, -0.2) is 9.59 Å². The second-order valence-corrected chi connectivity index (χ2v) is 5.24. The Hall–Kier alpha value is -1.84. The van der Waals surface area contributed by atoms with Crippen LogP contribution in [0.2, 0.25) is 0 Å². The first-order valence-electron chi connectivity index (χ1n) is 5.69. The van der Waals surface area contributed by atoms with Gasteiger partial charge in [0.2, 0.25) is 0 Å². The second kappa shape index (κ2) is 6.74. The molecule has 3 N–H and O–H groups in total.